The maximum atomic E-state index is 9.27. The number of rotatable bonds is 3. The van der Waals surface area contributed by atoms with Crippen LogP contribution >= 0.6 is 0 Å². The summed E-state index contributed by atoms with van der Waals surface area (Å²) in [4.78, 5) is 4.65. The van der Waals surface area contributed by atoms with Crippen LogP contribution < -0.4 is 0 Å². The third-order valence-corrected chi connectivity index (χ3v) is 2.73. The summed E-state index contributed by atoms with van der Waals surface area (Å²) in [5, 5.41) is 9.27. The number of aliphatic hydroxyl groups is 1. The quantitative estimate of drug-likeness (QED) is 0.691. The third kappa shape index (κ3) is 3.63. The van der Waals surface area contributed by atoms with E-state index in [9.17, 15) is 5.11 Å². The Morgan fingerprint density at radius 1 is 1.54 bits per heavy atom. The number of likely N-dealkylation sites (N-methyl/N-ethyl adjacent to an activating group) is 1. The summed E-state index contributed by atoms with van der Waals surface area (Å²) in [6.07, 6.45) is 2.36. The Kier molecular flexibility index (Phi) is 4.16. The van der Waals surface area contributed by atoms with Gasteiger partial charge < -0.3 is 10.0 Å². The van der Waals surface area contributed by atoms with Gasteiger partial charge in [-0.3, -0.25) is 4.90 Å². The van der Waals surface area contributed by atoms with Crippen LogP contribution in [0.2, 0.25) is 0 Å². The van der Waals surface area contributed by atoms with E-state index >= 15 is 0 Å². The molecule has 0 aliphatic carbocycles. The van der Waals surface area contributed by atoms with Gasteiger partial charge >= 0.3 is 0 Å². The van der Waals surface area contributed by atoms with E-state index in [1.54, 1.807) is 0 Å². The molecule has 1 heterocycles. The molecule has 0 aromatic heterocycles. The highest BCUT2D eigenvalue weighted by molar-refractivity contribution is 4.78. The number of piperidine rings is 1. The topological polar surface area (TPSA) is 26.7 Å². The Balaban J connectivity index is 2.33. The van der Waals surface area contributed by atoms with Crippen LogP contribution in [0.4, 0.5) is 0 Å². The predicted molar refractivity (Wildman–Crippen MR) is 54.8 cm³/mol. The Hall–Kier alpha value is -0.120. The molecule has 0 aromatic carbocycles. The Bertz CT molecular complexity index is 148. The van der Waals surface area contributed by atoms with E-state index in [2.05, 4.69) is 23.9 Å². The molecule has 0 radical (unpaired) electrons. The third-order valence-electron chi connectivity index (χ3n) is 2.73. The van der Waals surface area contributed by atoms with Crippen molar-refractivity contribution in [3.63, 3.8) is 0 Å². The minimum Gasteiger partial charge on any atom is -0.392 e. The fraction of sp³-hybridized carbons (Fsp3) is 1.00. The number of β-amino-alcohol motifs (C(OH)–C–C–N with tert-alkyl or cyclic N) is 1. The molecule has 78 valence electrons. The molecular formula is C10H22N2O. The van der Waals surface area contributed by atoms with Crippen LogP contribution in [0.5, 0.6) is 0 Å². The summed E-state index contributed by atoms with van der Waals surface area (Å²) in [6.45, 7) is 4.94. The molecule has 1 rings (SSSR count). The van der Waals surface area contributed by atoms with Crippen molar-refractivity contribution in [1.82, 2.24) is 9.80 Å². The molecule has 2 atom stereocenters. The van der Waals surface area contributed by atoms with Crippen LogP contribution in [0.3, 0.4) is 0 Å². The first-order valence-electron chi connectivity index (χ1n) is 5.16. The average molecular weight is 186 g/mol. The molecule has 1 aliphatic rings. The lowest BCUT2D eigenvalue weighted by Crippen LogP contribution is -2.46. The second kappa shape index (κ2) is 4.94. The highest BCUT2D eigenvalue weighted by Crippen LogP contribution is 2.13. The van der Waals surface area contributed by atoms with Crippen molar-refractivity contribution < 1.29 is 5.11 Å². The number of nitrogens with zero attached hydrogens (tertiary/aromatic N) is 2. The van der Waals surface area contributed by atoms with Gasteiger partial charge in [-0.05, 0) is 40.4 Å². The molecule has 1 N–H and O–H groups in total. The lowest BCUT2D eigenvalue weighted by atomic mass is 10.0. The molecule has 0 aromatic rings. The molecule has 0 saturated carbocycles. The van der Waals surface area contributed by atoms with Gasteiger partial charge in [-0.25, -0.2) is 0 Å². The van der Waals surface area contributed by atoms with Crippen molar-refractivity contribution >= 4 is 0 Å². The number of hydrogen-bond acceptors (Lipinski definition) is 3. The number of aliphatic hydroxyl groups excluding tert-OH is 1. The zero-order valence-corrected chi connectivity index (χ0v) is 9.03. The van der Waals surface area contributed by atoms with E-state index in [0.29, 0.717) is 6.04 Å². The van der Waals surface area contributed by atoms with E-state index in [0.717, 1.165) is 19.6 Å². The summed E-state index contributed by atoms with van der Waals surface area (Å²) in [5.41, 5.74) is 0. The molecule has 1 unspecified atom stereocenters. The number of likely N-dealkylation sites (tertiary alicyclic amines) is 1. The largest absolute Gasteiger partial charge is 0.392 e. The first-order chi connectivity index (χ1) is 6.09. The first kappa shape index (κ1) is 11.0. The van der Waals surface area contributed by atoms with Gasteiger partial charge in [0.1, 0.15) is 0 Å². The van der Waals surface area contributed by atoms with Crippen LogP contribution in [0.1, 0.15) is 19.8 Å². The molecule has 0 spiro atoms. The Labute approximate surface area is 81.3 Å². The Morgan fingerprint density at radius 2 is 2.23 bits per heavy atom. The fourth-order valence-electron chi connectivity index (χ4n) is 1.99. The maximum Gasteiger partial charge on any atom is 0.0639 e. The molecule has 1 fully saturated rings. The normalized spacial score (nSPS) is 27.9. The summed E-state index contributed by atoms with van der Waals surface area (Å²) < 4.78 is 0. The van der Waals surface area contributed by atoms with Gasteiger partial charge in [-0.15, -0.1) is 0 Å². The molecule has 3 heteroatoms. The van der Waals surface area contributed by atoms with Crippen LogP contribution in [-0.4, -0.2) is 60.8 Å². The van der Waals surface area contributed by atoms with Crippen molar-refractivity contribution in [3.05, 3.63) is 0 Å². The van der Waals surface area contributed by atoms with Gasteiger partial charge in [0.2, 0.25) is 0 Å². The Morgan fingerprint density at radius 3 is 2.77 bits per heavy atom. The number of hydrogen-bond donors (Lipinski definition) is 1. The summed E-state index contributed by atoms with van der Waals surface area (Å²) in [6, 6.07) is 0.674. The highest BCUT2D eigenvalue weighted by atomic mass is 16.3. The maximum absolute atomic E-state index is 9.27. The van der Waals surface area contributed by atoms with Gasteiger partial charge in [0, 0.05) is 19.1 Å². The lowest BCUT2D eigenvalue weighted by molar-refractivity contribution is 0.0805. The van der Waals surface area contributed by atoms with Crippen molar-refractivity contribution in [3.8, 4) is 0 Å². The first-order valence-corrected chi connectivity index (χ1v) is 5.16. The fourth-order valence-corrected chi connectivity index (χ4v) is 1.99. The van der Waals surface area contributed by atoms with E-state index in [1.807, 2.05) is 6.92 Å². The summed E-state index contributed by atoms with van der Waals surface area (Å²) in [5.74, 6) is 0. The van der Waals surface area contributed by atoms with E-state index in [4.69, 9.17) is 0 Å². The van der Waals surface area contributed by atoms with Gasteiger partial charge in [-0.2, -0.15) is 0 Å². The van der Waals surface area contributed by atoms with Crippen molar-refractivity contribution in [2.75, 3.05) is 33.7 Å². The molecule has 3 nitrogen and oxygen atoms in total. The predicted octanol–water partition coefficient (Wildman–Crippen LogP) is 0.393. The monoisotopic (exact) mass is 186 g/mol. The van der Waals surface area contributed by atoms with Crippen LogP contribution in [0.25, 0.3) is 0 Å². The van der Waals surface area contributed by atoms with Crippen LogP contribution in [0.15, 0.2) is 0 Å². The molecule has 13 heavy (non-hydrogen) atoms. The van der Waals surface area contributed by atoms with Crippen LogP contribution in [0, 0.1) is 0 Å². The molecule has 0 amide bonds. The van der Waals surface area contributed by atoms with Gasteiger partial charge in [-0.1, -0.05) is 0 Å². The zero-order chi connectivity index (χ0) is 9.84. The lowest BCUT2D eigenvalue weighted by Gasteiger charge is -2.36. The standard InChI is InChI=1S/C10H22N2O/c1-9(13)7-12-6-4-5-10(8-12)11(2)3/h9-10,13H,4-8H2,1-3H3/t9-,10?/m1/s1. The van der Waals surface area contributed by atoms with E-state index in [1.165, 1.54) is 12.8 Å². The van der Waals surface area contributed by atoms with Crippen molar-refractivity contribution in [2.24, 2.45) is 0 Å². The summed E-state index contributed by atoms with van der Waals surface area (Å²) >= 11 is 0. The van der Waals surface area contributed by atoms with Gasteiger partial charge in [0.15, 0.2) is 0 Å². The van der Waals surface area contributed by atoms with E-state index < -0.39 is 0 Å². The smallest absolute Gasteiger partial charge is 0.0639 e. The van der Waals surface area contributed by atoms with E-state index in [-0.39, 0.29) is 6.10 Å². The molecule has 0 bridgehead atoms. The minimum atomic E-state index is -0.194. The second-order valence-electron chi connectivity index (χ2n) is 4.37. The summed E-state index contributed by atoms with van der Waals surface area (Å²) in [7, 11) is 4.27. The molecule has 1 aliphatic heterocycles. The second-order valence-corrected chi connectivity index (χ2v) is 4.37. The highest BCUT2D eigenvalue weighted by Gasteiger charge is 2.21. The van der Waals surface area contributed by atoms with Gasteiger partial charge in [0.05, 0.1) is 6.10 Å². The molecule has 1 saturated heterocycles. The molecular weight excluding hydrogens is 164 g/mol. The minimum absolute atomic E-state index is 0.194. The van der Waals surface area contributed by atoms with Gasteiger partial charge in [0.25, 0.3) is 0 Å². The van der Waals surface area contributed by atoms with Crippen molar-refractivity contribution in [2.45, 2.75) is 31.9 Å². The average Bonchev–Trinajstić information content (AvgIpc) is 2.03. The zero-order valence-electron chi connectivity index (χ0n) is 9.03. The SMILES string of the molecule is C[C@@H](O)CN1CCCC(N(C)C)C1. The van der Waals surface area contributed by atoms with Crippen LogP contribution in [-0.2, 0) is 0 Å². The van der Waals surface area contributed by atoms with Crippen molar-refractivity contribution in [1.29, 1.82) is 0 Å².